The van der Waals surface area contributed by atoms with Gasteiger partial charge in [-0.2, -0.15) is 0 Å². The molecule has 0 saturated carbocycles. The van der Waals surface area contributed by atoms with Crippen LogP contribution in [-0.2, 0) is 10.8 Å². The first-order valence-corrected chi connectivity index (χ1v) is 9.08. The molecule has 3 aliphatic rings. The zero-order chi connectivity index (χ0) is 18.4. The fraction of sp³-hybridized carbons (Fsp3) is 0.250. The molecular weight excluding hydrogens is 320 g/mol. The minimum absolute atomic E-state index is 0.151. The van der Waals surface area contributed by atoms with E-state index < -0.39 is 10.8 Å². The SMILES string of the molecule is CC1(C)c2ccc3c(c2)C(C)(C)c2c(cc(O)c1c2O)-c1ccc-3cc1. The Balaban J connectivity index is 2.13. The Morgan fingerprint density at radius 3 is 1.92 bits per heavy atom. The molecule has 2 nitrogen and oxygen atoms in total. The van der Waals surface area contributed by atoms with Crippen molar-refractivity contribution in [2.75, 3.05) is 0 Å². The van der Waals surface area contributed by atoms with E-state index in [0.717, 1.165) is 22.3 Å². The molecule has 0 fully saturated rings. The van der Waals surface area contributed by atoms with Gasteiger partial charge in [0, 0.05) is 22.0 Å². The number of rotatable bonds is 0. The zero-order valence-electron chi connectivity index (χ0n) is 15.5. The van der Waals surface area contributed by atoms with Gasteiger partial charge in [0.05, 0.1) is 0 Å². The molecule has 2 N–H and O–H groups in total. The lowest BCUT2D eigenvalue weighted by atomic mass is 9.65. The molecule has 26 heavy (non-hydrogen) atoms. The Labute approximate surface area is 153 Å². The summed E-state index contributed by atoms with van der Waals surface area (Å²) in [6.07, 6.45) is 0. The number of phenols is 2. The lowest BCUT2D eigenvalue weighted by Gasteiger charge is -2.38. The highest BCUT2D eigenvalue weighted by molar-refractivity contribution is 5.84. The molecule has 0 aromatic heterocycles. The summed E-state index contributed by atoms with van der Waals surface area (Å²) in [5.41, 5.74) is 7.22. The number of hydrogen-bond acceptors (Lipinski definition) is 2. The highest BCUT2D eigenvalue weighted by Crippen LogP contribution is 2.56. The standard InChI is InChI=1S/C24H22O2/c1-23(2)15-9-10-16-13-5-7-14(8-6-13)17-12-19(25)21(23)22(26)20(17)24(3,4)18(16)11-15/h5-12,25-26H,1-4H3. The maximum Gasteiger partial charge on any atom is 0.128 e. The van der Waals surface area contributed by atoms with Gasteiger partial charge in [-0.05, 0) is 39.4 Å². The van der Waals surface area contributed by atoms with Crippen LogP contribution in [-0.4, -0.2) is 10.2 Å². The summed E-state index contributed by atoms with van der Waals surface area (Å²) in [7, 11) is 0. The number of phenolic OH excluding ortho intramolecular Hbond substituents is 2. The second-order valence-electron chi connectivity index (χ2n) is 8.63. The predicted octanol–water partition coefficient (Wildman–Crippen LogP) is 5.71. The number of benzene rings is 3. The number of aromatic hydroxyl groups is 2. The molecule has 0 amide bonds. The smallest absolute Gasteiger partial charge is 0.128 e. The molecule has 0 saturated heterocycles. The summed E-state index contributed by atoms with van der Waals surface area (Å²) >= 11 is 0. The van der Waals surface area contributed by atoms with E-state index in [1.54, 1.807) is 0 Å². The van der Waals surface area contributed by atoms with Crippen LogP contribution in [0, 0.1) is 0 Å². The average molecular weight is 342 g/mol. The molecule has 0 heterocycles. The van der Waals surface area contributed by atoms with Crippen LogP contribution in [0.2, 0.25) is 0 Å². The molecule has 3 aromatic carbocycles. The molecule has 0 atom stereocenters. The third kappa shape index (κ3) is 1.67. The number of hydrogen-bond donors (Lipinski definition) is 2. The number of fused-ring (bicyclic) bond motifs is 4. The second kappa shape index (κ2) is 4.50. The van der Waals surface area contributed by atoms with E-state index in [4.69, 9.17) is 0 Å². The van der Waals surface area contributed by atoms with Crippen LogP contribution in [0.5, 0.6) is 11.5 Å². The fourth-order valence-corrected chi connectivity index (χ4v) is 4.94. The van der Waals surface area contributed by atoms with Gasteiger partial charge in [-0.3, -0.25) is 0 Å². The van der Waals surface area contributed by atoms with Gasteiger partial charge in [-0.25, -0.2) is 0 Å². The summed E-state index contributed by atoms with van der Waals surface area (Å²) in [5.74, 6) is 0.371. The van der Waals surface area contributed by atoms with E-state index >= 15 is 0 Å². The Kier molecular flexibility index (Phi) is 2.69. The van der Waals surface area contributed by atoms with Crippen molar-refractivity contribution >= 4 is 0 Å². The van der Waals surface area contributed by atoms with Crippen LogP contribution in [0.1, 0.15) is 49.9 Å². The Bertz CT molecular complexity index is 1090. The van der Waals surface area contributed by atoms with Crippen molar-refractivity contribution in [1.82, 2.24) is 0 Å². The van der Waals surface area contributed by atoms with Crippen LogP contribution in [0.25, 0.3) is 22.3 Å². The first kappa shape index (κ1) is 15.5. The summed E-state index contributed by atoms with van der Waals surface area (Å²) < 4.78 is 0. The van der Waals surface area contributed by atoms with Crippen molar-refractivity contribution in [3.05, 3.63) is 70.8 Å². The van der Waals surface area contributed by atoms with Crippen molar-refractivity contribution in [2.45, 2.75) is 38.5 Å². The van der Waals surface area contributed by atoms with Crippen molar-refractivity contribution in [3.63, 3.8) is 0 Å². The van der Waals surface area contributed by atoms with Gasteiger partial charge in [0.15, 0.2) is 0 Å². The molecule has 0 radical (unpaired) electrons. The lowest BCUT2D eigenvalue weighted by Crippen LogP contribution is -2.28. The van der Waals surface area contributed by atoms with E-state index in [0.29, 0.717) is 5.56 Å². The van der Waals surface area contributed by atoms with E-state index in [9.17, 15) is 10.2 Å². The maximum absolute atomic E-state index is 11.4. The minimum Gasteiger partial charge on any atom is -0.507 e. The van der Waals surface area contributed by atoms with E-state index in [1.165, 1.54) is 16.7 Å². The summed E-state index contributed by atoms with van der Waals surface area (Å²) in [6, 6.07) is 16.8. The van der Waals surface area contributed by atoms with Crippen molar-refractivity contribution < 1.29 is 10.2 Å². The summed E-state index contributed by atoms with van der Waals surface area (Å²) in [4.78, 5) is 0. The third-order valence-electron chi connectivity index (χ3n) is 6.45. The van der Waals surface area contributed by atoms with Crippen LogP contribution < -0.4 is 0 Å². The Hall–Kier alpha value is -2.74. The summed E-state index contributed by atoms with van der Waals surface area (Å²) in [5, 5.41) is 22.3. The van der Waals surface area contributed by atoms with Gasteiger partial charge in [0.25, 0.3) is 0 Å². The Morgan fingerprint density at radius 1 is 0.654 bits per heavy atom. The molecule has 2 heteroatoms. The highest BCUT2D eigenvalue weighted by Gasteiger charge is 2.41. The topological polar surface area (TPSA) is 40.5 Å². The molecule has 3 aliphatic carbocycles. The molecule has 0 unspecified atom stereocenters. The van der Waals surface area contributed by atoms with Gasteiger partial charge in [-0.1, -0.05) is 70.2 Å². The fourth-order valence-electron chi connectivity index (χ4n) is 4.94. The third-order valence-corrected chi connectivity index (χ3v) is 6.45. The zero-order valence-corrected chi connectivity index (χ0v) is 15.5. The van der Waals surface area contributed by atoms with Gasteiger partial charge in [0.1, 0.15) is 11.5 Å². The molecule has 6 bridgehead atoms. The van der Waals surface area contributed by atoms with Crippen LogP contribution in [0.3, 0.4) is 0 Å². The molecule has 0 aliphatic heterocycles. The second-order valence-corrected chi connectivity index (χ2v) is 8.63. The van der Waals surface area contributed by atoms with Gasteiger partial charge in [0.2, 0.25) is 0 Å². The highest BCUT2D eigenvalue weighted by atomic mass is 16.3. The molecule has 6 rings (SSSR count). The maximum atomic E-state index is 11.4. The van der Waals surface area contributed by atoms with Gasteiger partial charge < -0.3 is 10.2 Å². The van der Waals surface area contributed by atoms with Crippen molar-refractivity contribution in [1.29, 1.82) is 0 Å². The average Bonchev–Trinajstić information content (AvgIpc) is 2.66. The summed E-state index contributed by atoms with van der Waals surface area (Å²) in [6.45, 7) is 8.46. The monoisotopic (exact) mass is 342 g/mol. The largest absolute Gasteiger partial charge is 0.507 e. The van der Waals surface area contributed by atoms with Gasteiger partial charge >= 0.3 is 0 Å². The Morgan fingerprint density at radius 2 is 1.27 bits per heavy atom. The van der Waals surface area contributed by atoms with Crippen LogP contribution >= 0.6 is 0 Å². The molecular formula is C24H22O2. The van der Waals surface area contributed by atoms with Crippen molar-refractivity contribution in [3.8, 4) is 33.8 Å². The van der Waals surface area contributed by atoms with Crippen LogP contribution in [0.15, 0.2) is 48.5 Å². The van der Waals surface area contributed by atoms with Crippen LogP contribution in [0.4, 0.5) is 0 Å². The molecule has 130 valence electrons. The molecule has 3 aromatic rings. The lowest BCUT2D eigenvalue weighted by molar-refractivity contribution is 0.404. The first-order valence-electron chi connectivity index (χ1n) is 9.08. The first-order chi connectivity index (χ1) is 12.2. The quantitative estimate of drug-likeness (QED) is 0.549. The van der Waals surface area contributed by atoms with Gasteiger partial charge in [-0.15, -0.1) is 0 Å². The normalized spacial score (nSPS) is 17.4. The van der Waals surface area contributed by atoms with E-state index in [1.807, 2.05) is 6.07 Å². The minimum atomic E-state index is -0.492. The van der Waals surface area contributed by atoms with E-state index in [2.05, 4.69) is 70.2 Å². The van der Waals surface area contributed by atoms with Crippen molar-refractivity contribution in [2.24, 2.45) is 0 Å². The van der Waals surface area contributed by atoms with E-state index in [-0.39, 0.29) is 11.5 Å². The predicted molar refractivity (Wildman–Crippen MR) is 105 cm³/mol. The molecule has 0 spiro atoms.